The van der Waals surface area contributed by atoms with Crippen LogP contribution in [0.4, 0.5) is 0 Å². The van der Waals surface area contributed by atoms with Crippen LogP contribution in [0.15, 0.2) is 24.3 Å². The van der Waals surface area contributed by atoms with Gasteiger partial charge in [0.25, 0.3) is 0 Å². The zero-order valence-corrected chi connectivity index (χ0v) is 12.5. The molecule has 3 nitrogen and oxygen atoms in total. The van der Waals surface area contributed by atoms with Crippen LogP contribution < -0.4 is 10.5 Å². The summed E-state index contributed by atoms with van der Waals surface area (Å²) in [5.41, 5.74) is 7.72. The molecule has 1 aliphatic heterocycles. The van der Waals surface area contributed by atoms with Crippen LogP contribution in [0.2, 0.25) is 0 Å². The zero-order valence-electron chi connectivity index (χ0n) is 12.5. The topological polar surface area (TPSA) is 38.5 Å². The molecule has 1 saturated carbocycles. The number of para-hydroxylation sites is 1. The molecule has 1 aromatic rings. The minimum Gasteiger partial charge on any atom is -0.493 e. The lowest BCUT2D eigenvalue weighted by Crippen LogP contribution is -2.51. The Balaban J connectivity index is 1.75. The molecule has 3 rings (SSSR count). The summed E-state index contributed by atoms with van der Waals surface area (Å²) in [7, 11) is 2.26. The van der Waals surface area contributed by atoms with E-state index < -0.39 is 0 Å². The van der Waals surface area contributed by atoms with Crippen LogP contribution in [-0.4, -0.2) is 37.2 Å². The lowest BCUT2D eigenvalue weighted by atomic mass is 9.89. The Bertz CT molecular complexity index is 454. The molecule has 1 aliphatic carbocycles. The first-order valence-electron chi connectivity index (χ1n) is 7.88. The van der Waals surface area contributed by atoms with E-state index in [-0.39, 0.29) is 5.54 Å². The van der Waals surface area contributed by atoms with Gasteiger partial charge in [0.15, 0.2) is 0 Å². The fourth-order valence-electron chi connectivity index (χ4n) is 3.90. The highest BCUT2D eigenvalue weighted by atomic mass is 16.5. The summed E-state index contributed by atoms with van der Waals surface area (Å²) in [6.45, 7) is 2.72. The number of nitrogens with zero attached hydrogens (tertiary/aromatic N) is 1. The van der Waals surface area contributed by atoms with Gasteiger partial charge in [-0.05, 0) is 37.9 Å². The normalized spacial score (nSPS) is 24.4. The Kier molecular flexibility index (Phi) is 3.99. The van der Waals surface area contributed by atoms with Gasteiger partial charge in [-0.25, -0.2) is 0 Å². The van der Waals surface area contributed by atoms with Crippen molar-refractivity contribution in [3.8, 4) is 5.75 Å². The largest absolute Gasteiger partial charge is 0.493 e. The molecule has 2 aliphatic rings. The van der Waals surface area contributed by atoms with Crippen molar-refractivity contribution in [1.82, 2.24) is 4.90 Å². The van der Waals surface area contributed by atoms with Crippen molar-refractivity contribution in [1.29, 1.82) is 0 Å². The summed E-state index contributed by atoms with van der Waals surface area (Å²) < 4.78 is 5.77. The molecule has 0 spiro atoms. The van der Waals surface area contributed by atoms with Gasteiger partial charge in [0.1, 0.15) is 5.75 Å². The fourth-order valence-corrected chi connectivity index (χ4v) is 3.90. The Hall–Kier alpha value is -1.06. The number of likely N-dealkylation sites (N-methyl/N-ethyl adjacent to an activating group) is 1. The first-order valence-corrected chi connectivity index (χ1v) is 7.88. The molecule has 1 atom stereocenters. The highest BCUT2D eigenvalue weighted by molar-refractivity contribution is 5.38. The maximum atomic E-state index is 6.10. The first-order chi connectivity index (χ1) is 9.75. The summed E-state index contributed by atoms with van der Waals surface area (Å²) in [4.78, 5) is 2.53. The third-order valence-corrected chi connectivity index (χ3v) is 5.30. The minimum atomic E-state index is 0.243. The molecule has 0 aromatic heterocycles. The molecule has 110 valence electrons. The van der Waals surface area contributed by atoms with Gasteiger partial charge in [0.2, 0.25) is 0 Å². The molecule has 0 bridgehead atoms. The highest BCUT2D eigenvalue weighted by Gasteiger charge is 2.37. The maximum Gasteiger partial charge on any atom is 0.122 e. The molecule has 1 fully saturated rings. The van der Waals surface area contributed by atoms with Gasteiger partial charge >= 0.3 is 0 Å². The number of hydrogen-bond acceptors (Lipinski definition) is 3. The number of ether oxygens (including phenoxy) is 1. The molecule has 1 unspecified atom stereocenters. The maximum absolute atomic E-state index is 6.10. The third kappa shape index (κ3) is 2.45. The van der Waals surface area contributed by atoms with Gasteiger partial charge in [0, 0.05) is 24.5 Å². The van der Waals surface area contributed by atoms with E-state index >= 15 is 0 Å². The van der Waals surface area contributed by atoms with Gasteiger partial charge in [0.05, 0.1) is 6.61 Å². The van der Waals surface area contributed by atoms with Gasteiger partial charge < -0.3 is 10.5 Å². The molecule has 20 heavy (non-hydrogen) atoms. The molecular weight excluding hydrogens is 248 g/mol. The predicted molar refractivity (Wildman–Crippen MR) is 82.2 cm³/mol. The van der Waals surface area contributed by atoms with E-state index in [0.29, 0.717) is 5.92 Å². The highest BCUT2D eigenvalue weighted by Crippen LogP contribution is 2.38. The molecule has 0 amide bonds. The number of hydrogen-bond donors (Lipinski definition) is 1. The second-order valence-corrected chi connectivity index (χ2v) is 6.39. The number of nitrogens with two attached hydrogens (primary N) is 1. The SMILES string of the molecule is CN(CC1CCOc2ccccc21)C1(CN)CCCC1. The summed E-state index contributed by atoms with van der Waals surface area (Å²) in [6.07, 6.45) is 6.27. The van der Waals surface area contributed by atoms with E-state index in [0.717, 1.165) is 31.9 Å². The summed E-state index contributed by atoms with van der Waals surface area (Å²) in [6, 6.07) is 8.49. The van der Waals surface area contributed by atoms with E-state index in [1.807, 2.05) is 0 Å². The van der Waals surface area contributed by atoms with Crippen LogP contribution >= 0.6 is 0 Å². The molecule has 0 saturated heterocycles. The second-order valence-electron chi connectivity index (χ2n) is 6.39. The number of benzene rings is 1. The Morgan fingerprint density at radius 1 is 1.30 bits per heavy atom. The minimum absolute atomic E-state index is 0.243. The summed E-state index contributed by atoms with van der Waals surface area (Å²) in [5.74, 6) is 1.65. The molecule has 1 heterocycles. The van der Waals surface area contributed by atoms with Crippen molar-refractivity contribution in [3.05, 3.63) is 29.8 Å². The predicted octanol–water partition coefficient (Wildman–Crippen LogP) is 2.76. The van der Waals surface area contributed by atoms with Crippen LogP contribution in [0, 0.1) is 0 Å². The van der Waals surface area contributed by atoms with Crippen LogP contribution in [0.1, 0.15) is 43.6 Å². The van der Waals surface area contributed by atoms with Crippen molar-refractivity contribution >= 4 is 0 Å². The second kappa shape index (κ2) is 5.74. The van der Waals surface area contributed by atoms with Crippen molar-refractivity contribution in [2.45, 2.75) is 43.6 Å². The Morgan fingerprint density at radius 3 is 2.80 bits per heavy atom. The number of fused-ring (bicyclic) bond motifs is 1. The molecule has 1 aromatic carbocycles. The van der Waals surface area contributed by atoms with Gasteiger partial charge in [-0.2, -0.15) is 0 Å². The van der Waals surface area contributed by atoms with E-state index in [9.17, 15) is 0 Å². The van der Waals surface area contributed by atoms with Gasteiger partial charge in [-0.15, -0.1) is 0 Å². The van der Waals surface area contributed by atoms with E-state index in [1.54, 1.807) is 0 Å². The number of rotatable bonds is 4. The fraction of sp³-hybridized carbons (Fsp3) is 0.647. The van der Waals surface area contributed by atoms with Crippen LogP contribution in [-0.2, 0) is 0 Å². The molecule has 2 N–H and O–H groups in total. The standard InChI is InChI=1S/C17H26N2O/c1-19(17(13-18)9-4-5-10-17)12-14-8-11-20-16-7-3-2-6-15(14)16/h2-3,6-7,14H,4-5,8-13,18H2,1H3. The quantitative estimate of drug-likeness (QED) is 0.917. The lowest BCUT2D eigenvalue weighted by Gasteiger charge is -2.41. The summed E-state index contributed by atoms with van der Waals surface area (Å²) >= 11 is 0. The van der Waals surface area contributed by atoms with Gasteiger partial charge in [-0.1, -0.05) is 31.0 Å². The van der Waals surface area contributed by atoms with Crippen molar-refractivity contribution in [2.24, 2.45) is 5.73 Å². The zero-order chi connectivity index (χ0) is 14.0. The molecule has 3 heteroatoms. The van der Waals surface area contributed by atoms with Crippen LogP contribution in [0.3, 0.4) is 0 Å². The van der Waals surface area contributed by atoms with E-state index in [1.165, 1.54) is 31.2 Å². The lowest BCUT2D eigenvalue weighted by molar-refractivity contribution is 0.114. The van der Waals surface area contributed by atoms with Crippen LogP contribution in [0.5, 0.6) is 5.75 Å². The van der Waals surface area contributed by atoms with Crippen molar-refractivity contribution in [2.75, 3.05) is 26.7 Å². The average Bonchev–Trinajstić information content (AvgIpc) is 2.98. The molecular formula is C17H26N2O. The monoisotopic (exact) mass is 274 g/mol. The van der Waals surface area contributed by atoms with Crippen molar-refractivity contribution < 1.29 is 4.74 Å². The average molecular weight is 274 g/mol. The van der Waals surface area contributed by atoms with E-state index in [4.69, 9.17) is 10.5 Å². The Labute approximate surface area is 122 Å². The van der Waals surface area contributed by atoms with Crippen molar-refractivity contribution in [3.63, 3.8) is 0 Å². The smallest absolute Gasteiger partial charge is 0.122 e. The molecule has 0 radical (unpaired) electrons. The van der Waals surface area contributed by atoms with Gasteiger partial charge in [-0.3, -0.25) is 4.90 Å². The third-order valence-electron chi connectivity index (χ3n) is 5.30. The van der Waals surface area contributed by atoms with E-state index in [2.05, 4.69) is 36.2 Å². The summed E-state index contributed by atoms with van der Waals surface area (Å²) in [5, 5.41) is 0. The Morgan fingerprint density at radius 2 is 2.05 bits per heavy atom. The van der Waals surface area contributed by atoms with Crippen LogP contribution in [0.25, 0.3) is 0 Å². The first kappa shape index (κ1) is 13.9.